The highest BCUT2D eigenvalue weighted by molar-refractivity contribution is 7.07. The molecule has 1 aromatic carbocycles. The van der Waals surface area contributed by atoms with Gasteiger partial charge < -0.3 is 9.15 Å². The van der Waals surface area contributed by atoms with Crippen molar-refractivity contribution in [3.8, 4) is 11.5 Å². The average Bonchev–Trinajstić information content (AvgIpc) is 3.19. The van der Waals surface area contributed by atoms with Gasteiger partial charge in [0, 0.05) is 13.3 Å². The van der Waals surface area contributed by atoms with Gasteiger partial charge in [-0.15, -0.1) is 10.2 Å². The summed E-state index contributed by atoms with van der Waals surface area (Å²) in [4.78, 5) is 12.3. The SMILES string of the molecule is Cc1nnc(-c2ccccc2C(=O)OCCc2ccsc2)o1. The molecule has 0 bridgehead atoms. The second kappa shape index (κ2) is 6.53. The molecule has 2 aromatic heterocycles. The molecular formula is C16H14N2O3S. The first-order valence-electron chi connectivity index (χ1n) is 6.82. The molecule has 0 radical (unpaired) electrons. The van der Waals surface area contributed by atoms with Crippen LogP contribution in [0.4, 0.5) is 0 Å². The maximum absolute atomic E-state index is 12.3. The monoisotopic (exact) mass is 314 g/mol. The maximum Gasteiger partial charge on any atom is 0.338 e. The number of carbonyl (C=O) groups excluding carboxylic acids is 1. The van der Waals surface area contributed by atoms with Gasteiger partial charge in [-0.25, -0.2) is 4.79 Å². The fraction of sp³-hybridized carbons (Fsp3) is 0.188. The molecule has 0 aliphatic carbocycles. The van der Waals surface area contributed by atoms with Gasteiger partial charge in [-0.2, -0.15) is 11.3 Å². The average molecular weight is 314 g/mol. The molecule has 0 saturated carbocycles. The summed E-state index contributed by atoms with van der Waals surface area (Å²) in [6.45, 7) is 2.05. The van der Waals surface area contributed by atoms with Gasteiger partial charge in [0.1, 0.15) is 0 Å². The molecule has 0 saturated heterocycles. The van der Waals surface area contributed by atoms with Gasteiger partial charge in [0.15, 0.2) is 0 Å². The summed E-state index contributed by atoms with van der Waals surface area (Å²) < 4.78 is 10.7. The summed E-state index contributed by atoms with van der Waals surface area (Å²) >= 11 is 1.63. The van der Waals surface area contributed by atoms with Crippen molar-refractivity contribution in [2.75, 3.05) is 6.61 Å². The highest BCUT2D eigenvalue weighted by atomic mass is 32.1. The van der Waals surface area contributed by atoms with Gasteiger partial charge in [0.2, 0.25) is 11.8 Å². The van der Waals surface area contributed by atoms with E-state index in [4.69, 9.17) is 9.15 Å². The number of esters is 1. The van der Waals surface area contributed by atoms with Crippen LogP contribution in [0.1, 0.15) is 21.8 Å². The predicted molar refractivity (Wildman–Crippen MR) is 82.8 cm³/mol. The van der Waals surface area contributed by atoms with Crippen molar-refractivity contribution >= 4 is 17.3 Å². The number of rotatable bonds is 5. The quantitative estimate of drug-likeness (QED) is 0.674. The van der Waals surface area contributed by atoms with E-state index in [0.29, 0.717) is 35.9 Å². The Morgan fingerprint density at radius 3 is 2.86 bits per heavy atom. The first-order valence-corrected chi connectivity index (χ1v) is 7.76. The summed E-state index contributed by atoms with van der Waals surface area (Å²) in [7, 11) is 0. The summed E-state index contributed by atoms with van der Waals surface area (Å²) in [5.41, 5.74) is 2.18. The molecule has 6 heteroatoms. The summed E-state index contributed by atoms with van der Waals surface area (Å²) in [5, 5.41) is 11.8. The lowest BCUT2D eigenvalue weighted by molar-refractivity contribution is 0.0510. The standard InChI is InChI=1S/C16H14N2O3S/c1-11-17-18-15(21-11)13-4-2-3-5-14(13)16(19)20-8-6-12-7-9-22-10-12/h2-5,7,9-10H,6,8H2,1H3. The van der Waals surface area contributed by atoms with Gasteiger partial charge in [0.25, 0.3) is 0 Å². The van der Waals surface area contributed by atoms with Crippen LogP contribution < -0.4 is 0 Å². The van der Waals surface area contributed by atoms with Gasteiger partial charge >= 0.3 is 5.97 Å². The molecule has 2 heterocycles. The van der Waals surface area contributed by atoms with E-state index in [1.165, 1.54) is 5.56 Å². The van der Waals surface area contributed by atoms with Gasteiger partial charge in [0.05, 0.1) is 17.7 Å². The smallest absolute Gasteiger partial charge is 0.338 e. The van der Waals surface area contributed by atoms with Crippen LogP contribution in [0.2, 0.25) is 0 Å². The van der Waals surface area contributed by atoms with Crippen molar-refractivity contribution in [3.05, 3.63) is 58.1 Å². The third-order valence-electron chi connectivity index (χ3n) is 3.11. The summed E-state index contributed by atoms with van der Waals surface area (Å²) in [6.07, 6.45) is 0.705. The van der Waals surface area contributed by atoms with Crippen LogP contribution in [-0.4, -0.2) is 22.8 Å². The number of carbonyl (C=O) groups is 1. The van der Waals surface area contributed by atoms with Crippen LogP contribution in [0.3, 0.4) is 0 Å². The molecule has 0 aliphatic rings. The van der Waals surface area contributed by atoms with E-state index in [0.717, 1.165) is 0 Å². The third-order valence-corrected chi connectivity index (χ3v) is 3.84. The molecule has 3 aromatic rings. The Balaban J connectivity index is 1.72. The van der Waals surface area contributed by atoms with E-state index in [-0.39, 0.29) is 5.97 Å². The molecule has 0 aliphatic heterocycles. The highest BCUT2D eigenvalue weighted by Gasteiger charge is 2.17. The fourth-order valence-electron chi connectivity index (χ4n) is 2.03. The molecule has 0 spiro atoms. The minimum atomic E-state index is -0.387. The molecule has 112 valence electrons. The third kappa shape index (κ3) is 3.23. The van der Waals surface area contributed by atoms with E-state index in [9.17, 15) is 4.79 Å². The predicted octanol–water partition coefficient (Wildman–Crippen LogP) is 3.51. The van der Waals surface area contributed by atoms with Crippen molar-refractivity contribution in [2.45, 2.75) is 13.3 Å². The van der Waals surface area contributed by atoms with Crippen LogP contribution in [0, 0.1) is 6.92 Å². The minimum Gasteiger partial charge on any atom is -0.462 e. The zero-order chi connectivity index (χ0) is 15.4. The molecular weight excluding hydrogens is 300 g/mol. The topological polar surface area (TPSA) is 65.2 Å². The first kappa shape index (κ1) is 14.5. The van der Waals surface area contributed by atoms with E-state index < -0.39 is 0 Å². The zero-order valence-corrected chi connectivity index (χ0v) is 12.8. The number of ether oxygens (including phenoxy) is 1. The Hall–Kier alpha value is -2.47. The lowest BCUT2D eigenvalue weighted by Crippen LogP contribution is -2.09. The van der Waals surface area contributed by atoms with Gasteiger partial charge in [-0.05, 0) is 34.5 Å². The second-order valence-electron chi connectivity index (χ2n) is 4.69. The molecule has 0 fully saturated rings. The number of aromatic nitrogens is 2. The number of hydrogen-bond donors (Lipinski definition) is 0. The highest BCUT2D eigenvalue weighted by Crippen LogP contribution is 2.23. The molecule has 0 atom stereocenters. The van der Waals surface area contributed by atoms with Crippen LogP contribution in [0.25, 0.3) is 11.5 Å². The zero-order valence-electron chi connectivity index (χ0n) is 12.0. The van der Waals surface area contributed by atoms with Crippen LogP contribution in [-0.2, 0) is 11.2 Å². The van der Waals surface area contributed by atoms with E-state index in [1.807, 2.05) is 22.9 Å². The Labute approximate surface area is 131 Å². The number of benzene rings is 1. The van der Waals surface area contributed by atoms with Crippen molar-refractivity contribution in [1.82, 2.24) is 10.2 Å². The normalized spacial score (nSPS) is 10.6. The van der Waals surface area contributed by atoms with Gasteiger partial charge in [-0.3, -0.25) is 0 Å². The van der Waals surface area contributed by atoms with E-state index in [2.05, 4.69) is 10.2 Å². The molecule has 3 rings (SSSR count). The van der Waals surface area contributed by atoms with Crippen molar-refractivity contribution in [3.63, 3.8) is 0 Å². The lowest BCUT2D eigenvalue weighted by atomic mass is 10.1. The minimum absolute atomic E-state index is 0.322. The molecule has 0 amide bonds. The second-order valence-corrected chi connectivity index (χ2v) is 5.47. The number of aryl methyl sites for hydroxylation is 1. The summed E-state index contributed by atoms with van der Waals surface area (Å²) in [6, 6.07) is 9.08. The maximum atomic E-state index is 12.3. The van der Waals surface area contributed by atoms with Crippen LogP contribution in [0.15, 0.2) is 45.5 Å². The van der Waals surface area contributed by atoms with E-state index >= 15 is 0 Å². The van der Waals surface area contributed by atoms with Crippen molar-refractivity contribution in [2.24, 2.45) is 0 Å². The van der Waals surface area contributed by atoms with Gasteiger partial charge in [-0.1, -0.05) is 12.1 Å². The first-order chi connectivity index (χ1) is 10.7. The molecule has 22 heavy (non-hydrogen) atoms. The van der Waals surface area contributed by atoms with Crippen LogP contribution in [0.5, 0.6) is 0 Å². The Morgan fingerprint density at radius 2 is 2.14 bits per heavy atom. The van der Waals surface area contributed by atoms with E-state index in [1.54, 1.807) is 36.5 Å². The molecule has 5 nitrogen and oxygen atoms in total. The molecule has 0 N–H and O–H groups in total. The van der Waals surface area contributed by atoms with Crippen LogP contribution >= 0.6 is 11.3 Å². The molecule has 0 unspecified atom stereocenters. The Bertz CT molecular complexity index is 765. The number of hydrogen-bond acceptors (Lipinski definition) is 6. The largest absolute Gasteiger partial charge is 0.462 e. The Morgan fingerprint density at radius 1 is 1.27 bits per heavy atom. The van der Waals surface area contributed by atoms with Crippen molar-refractivity contribution in [1.29, 1.82) is 0 Å². The summed E-state index contributed by atoms with van der Waals surface area (Å²) in [5.74, 6) is 0.389. The Kier molecular flexibility index (Phi) is 4.29. The number of nitrogens with zero attached hydrogens (tertiary/aromatic N) is 2. The lowest BCUT2D eigenvalue weighted by Gasteiger charge is -2.07. The fourth-order valence-corrected chi connectivity index (χ4v) is 2.73. The number of thiophene rings is 1. The van der Waals surface area contributed by atoms with Crippen molar-refractivity contribution < 1.29 is 13.9 Å².